The molecule has 0 radical (unpaired) electrons. The molecule has 0 aliphatic rings. The van der Waals surface area contributed by atoms with Crippen LogP contribution in [0.2, 0.25) is 0 Å². The SMILES string of the molecule is CCOC(=O)c1coc(Nc2cc(F)cc(F)c2F)n1. The van der Waals surface area contributed by atoms with E-state index >= 15 is 0 Å². The van der Waals surface area contributed by atoms with Gasteiger partial charge >= 0.3 is 5.97 Å². The first-order chi connectivity index (χ1) is 9.51. The number of hydrogen-bond acceptors (Lipinski definition) is 5. The van der Waals surface area contributed by atoms with Crippen LogP contribution in [0.15, 0.2) is 22.8 Å². The first-order valence-electron chi connectivity index (χ1n) is 5.55. The fourth-order valence-electron chi connectivity index (χ4n) is 1.39. The Morgan fingerprint density at radius 2 is 2.15 bits per heavy atom. The van der Waals surface area contributed by atoms with E-state index in [1.807, 2.05) is 0 Å². The van der Waals surface area contributed by atoms with Crippen molar-refractivity contribution < 1.29 is 27.1 Å². The van der Waals surface area contributed by atoms with Crippen molar-refractivity contribution in [2.75, 3.05) is 11.9 Å². The molecule has 1 heterocycles. The molecule has 20 heavy (non-hydrogen) atoms. The molecule has 5 nitrogen and oxygen atoms in total. The third-order valence-electron chi connectivity index (χ3n) is 2.22. The first-order valence-corrected chi connectivity index (χ1v) is 5.55. The van der Waals surface area contributed by atoms with E-state index in [0.717, 1.165) is 12.3 Å². The predicted molar refractivity (Wildman–Crippen MR) is 62.1 cm³/mol. The average molecular weight is 286 g/mol. The zero-order chi connectivity index (χ0) is 14.7. The van der Waals surface area contributed by atoms with Crippen LogP contribution in [0.25, 0.3) is 0 Å². The van der Waals surface area contributed by atoms with E-state index in [4.69, 9.17) is 4.42 Å². The Hall–Kier alpha value is -2.51. The molecule has 0 unspecified atom stereocenters. The van der Waals surface area contributed by atoms with Gasteiger partial charge in [0, 0.05) is 12.1 Å². The molecule has 0 atom stereocenters. The summed E-state index contributed by atoms with van der Waals surface area (Å²) in [5.74, 6) is -4.34. The van der Waals surface area contributed by atoms with Gasteiger partial charge < -0.3 is 14.5 Å². The van der Waals surface area contributed by atoms with Gasteiger partial charge in [0.2, 0.25) is 0 Å². The molecule has 1 aromatic carbocycles. The summed E-state index contributed by atoms with van der Waals surface area (Å²) in [5, 5.41) is 2.23. The van der Waals surface area contributed by atoms with E-state index in [-0.39, 0.29) is 18.3 Å². The number of nitrogens with one attached hydrogen (secondary N) is 1. The highest BCUT2D eigenvalue weighted by atomic mass is 19.2. The van der Waals surface area contributed by atoms with Crippen LogP contribution in [0.5, 0.6) is 0 Å². The molecule has 0 aliphatic carbocycles. The highest BCUT2D eigenvalue weighted by Gasteiger charge is 2.16. The lowest BCUT2D eigenvalue weighted by atomic mass is 10.3. The third kappa shape index (κ3) is 2.90. The molecule has 106 valence electrons. The molecular weight excluding hydrogens is 277 g/mol. The number of carbonyl (C=O) groups is 1. The molecule has 0 saturated carbocycles. The molecule has 2 aromatic rings. The van der Waals surface area contributed by atoms with Gasteiger partial charge in [0.15, 0.2) is 17.3 Å². The van der Waals surface area contributed by atoms with Crippen molar-refractivity contribution in [2.45, 2.75) is 6.92 Å². The lowest BCUT2D eigenvalue weighted by Crippen LogP contribution is -2.05. The summed E-state index contributed by atoms with van der Waals surface area (Å²) in [5.41, 5.74) is -0.647. The second kappa shape index (κ2) is 5.64. The quantitative estimate of drug-likeness (QED) is 0.691. The highest BCUT2D eigenvalue weighted by Crippen LogP contribution is 2.23. The monoisotopic (exact) mass is 286 g/mol. The standard InChI is InChI=1S/C12H9F3N2O3/c1-2-19-11(18)9-5-20-12(17-9)16-8-4-6(13)3-7(14)10(8)15/h3-5H,2H2,1H3,(H,16,17). The minimum atomic E-state index is -1.36. The number of rotatable bonds is 4. The first kappa shape index (κ1) is 13.9. The predicted octanol–water partition coefficient (Wildman–Crippen LogP) is 3.01. The van der Waals surface area contributed by atoms with Crippen LogP contribution < -0.4 is 5.32 Å². The Labute approximate surface area is 111 Å². The minimum Gasteiger partial charge on any atom is -0.461 e. The van der Waals surface area contributed by atoms with Crippen LogP contribution in [-0.2, 0) is 4.74 Å². The Morgan fingerprint density at radius 3 is 2.85 bits per heavy atom. The lowest BCUT2D eigenvalue weighted by molar-refractivity contribution is 0.0519. The third-order valence-corrected chi connectivity index (χ3v) is 2.22. The fourth-order valence-corrected chi connectivity index (χ4v) is 1.39. The summed E-state index contributed by atoms with van der Waals surface area (Å²) >= 11 is 0. The highest BCUT2D eigenvalue weighted by molar-refractivity contribution is 5.87. The van der Waals surface area contributed by atoms with Gasteiger partial charge in [0.1, 0.15) is 12.1 Å². The number of halogens is 3. The molecule has 2 rings (SSSR count). The summed E-state index contributed by atoms with van der Waals surface area (Å²) in [4.78, 5) is 15.0. The molecule has 8 heteroatoms. The van der Waals surface area contributed by atoms with Gasteiger partial charge in [-0.3, -0.25) is 0 Å². The van der Waals surface area contributed by atoms with Crippen molar-refractivity contribution in [3.8, 4) is 0 Å². The maximum absolute atomic E-state index is 13.4. The normalized spacial score (nSPS) is 10.4. The molecule has 0 bridgehead atoms. The zero-order valence-electron chi connectivity index (χ0n) is 10.2. The molecule has 0 spiro atoms. The summed E-state index contributed by atoms with van der Waals surface area (Å²) < 4.78 is 48.9. The fraction of sp³-hybridized carbons (Fsp3) is 0.167. The van der Waals surface area contributed by atoms with E-state index in [9.17, 15) is 18.0 Å². The molecule has 1 N–H and O–H groups in total. The number of carbonyl (C=O) groups excluding carboxylic acids is 1. The number of hydrogen-bond donors (Lipinski definition) is 1. The van der Waals surface area contributed by atoms with Crippen LogP contribution in [0.1, 0.15) is 17.4 Å². The second-order valence-electron chi connectivity index (χ2n) is 3.63. The topological polar surface area (TPSA) is 64.4 Å². The van der Waals surface area contributed by atoms with Gasteiger partial charge in [0.05, 0.1) is 12.3 Å². The van der Waals surface area contributed by atoms with Crippen LogP contribution in [0.3, 0.4) is 0 Å². The van der Waals surface area contributed by atoms with Crippen LogP contribution in [-0.4, -0.2) is 17.6 Å². The average Bonchev–Trinajstić information content (AvgIpc) is 2.84. The molecule has 0 aliphatic heterocycles. The van der Waals surface area contributed by atoms with E-state index in [0.29, 0.717) is 6.07 Å². The number of anilines is 2. The molecule has 0 amide bonds. The summed E-state index contributed by atoms with van der Waals surface area (Å²) in [6.45, 7) is 1.76. The van der Waals surface area contributed by atoms with Crippen LogP contribution >= 0.6 is 0 Å². The van der Waals surface area contributed by atoms with E-state index < -0.39 is 29.1 Å². The Kier molecular flexibility index (Phi) is 3.92. The Bertz CT molecular complexity index is 643. The van der Waals surface area contributed by atoms with Crippen molar-refractivity contribution >= 4 is 17.7 Å². The largest absolute Gasteiger partial charge is 0.461 e. The number of nitrogens with zero attached hydrogens (tertiary/aromatic N) is 1. The van der Waals surface area contributed by atoms with Gasteiger partial charge in [-0.25, -0.2) is 18.0 Å². The summed E-state index contributed by atoms with van der Waals surface area (Å²) in [7, 11) is 0. The summed E-state index contributed by atoms with van der Waals surface area (Å²) in [6, 6.07) is 0.837. The molecule has 1 aromatic heterocycles. The lowest BCUT2D eigenvalue weighted by Gasteiger charge is -2.04. The van der Waals surface area contributed by atoms with Crippen molar-refractivity contribution in [1.82, 2.24) is 4.98 Å². The summed E-state index contributed by atoms with van der Waals surface area (Å²) in [6.07, 6.45) is 0.980. The van der Waals surface area contributed by atoms with Crippen LogP contribution in [0.4, 0.5) is 24.9 Å². The maximum Gasteiger partial charge on any atom is 0.360 e. The van der Waals surface area contributed by atoms with Gasteiger partial charge in [-0.2, -0.15) is 4.98 Å². The van der Waals surface area contributed by atoms with Gasteiger partial charge in [-0.05, 0) is 6.92 Å². The number of oxazole rings is 1. The van der Waals surface area contributed by atoms with Crippen LogP contribution in [0, 0.1) is 17.5 Å². The van der Waals surface area contributed by atoms with Gasteiger partial charge in [-0.15, -0.1) is 0 Å². The smallest absolute Gasteiger partial charge is 0.360 e. The molecular formula is C12H9F3N2O3. The van der Waals surface area contributed by atoms with Crippen molar-refractivity contribution in [1.29, 1.82) is 0 Å². The van der Waals surface area contributed by atoms with Gasteiger partial charge in [-0.1, -0.05) is 0 Å². The Balaban J connectivity index is 2.21. The molecule has 0 fully saturated rings. The van der Waals surface area contributed by atoms with Crippen molar-refractivity contribution in [3.63, 3.8) is 0 Å². The van der Waals surface area contributed by atoms with Crippen molar-refractivity contribution in [3.05, 3.63) is 41.5 Å². The van der Waals surface area contributed by atoms with E-state index in [1.165, 1.54) is 0 Å². The minimum absolute atomic E-state index is 0.147. The molecule has 0 saturated heterocycles. The number of esters is 1. The van der Waals surface area contributed by atoms with Gasteiger partial charge in [0.25, 0.3) is 6.01 Å². The number of aromatic nitrogens is 1. The van der Waals surface area contributed by atoms with E-state index in [1.54, 1.807) is 6.92 Å². The number of ether oxygens (including phenoxy) is 1. The Morgan fingerprint density at radius 1 is 1.40 bits per heavy atom. The van der Waals surface area contributed by atoms with E-state index in [2.05, 4.69) is 15.0 Å². The maximum atomic E-state index is 13.4. The van der Waals surface area contributed by atoms with Crippen molar-refractivity contribution in [2.24, 2.45) is 0 Å². The second-order valence-corrected chi connectivity index (χ2v) is 3.63. The zero-order valence-corrected chi connectivity index (χ0v) is 10.2. The number of benzene rings is 1.